The number of carbonyl (C=O) groups excluding carboxylic acids is 2. The maximum absolute atomic E-state index is 14.1. The number of hydrogen-bond acceptors (Lipinski definition) is 8. The highest BCUT2D eigenvalue weighted by atomic mass is 32.2. The van der Waals surface area contributed by atoms with E-state index in [0.717, 1.165) is 22.7 Å². The van der Waals surface area contributed by atoms with E-state index < -0.39 is 22.9 Å². The molecule has 1 N–H and O–H groups in total. The van der Waals surface area contributed by atoms with Gasteiger partial charge in [0.2, 0.25) is 5.88 Å². The summed E-state index contributed by atoms with van der Waals surface area (Å²) in [5.41, 5.74) is 0.507. The highest BCUT2D eigenvalue weighted by Gasteiger charge is 2.39. The Morgan fingerprint density at radius 1 is 1.07 bits per heavy atom. The number of allylic oxidation sites excluding steroid dienone is 1. The third-order valence-electron chi connectivity index (χ3n) is 6.93. The number of carbonyl (C=O) groups is 2. The number of amides is 2. The number of ether oxygens (including phenoxy) is 3. The number of halogens is 3. The quantitative estimate of drug-likeness (QED) is 0.390. The summed E-state index contributed by atoms with van der Waals surface area (Å²) in [6.45, 7) is 3.21. The van der Waals surface area contributed by atoms with E-state index in [4.69, 9.17) is 14.2 Å². The summed E-state index contributed by atoms with van der Waals surface area (Å²) < 4.78 is 58.0. The first kappa shape index (κ1) is 28.0. The number of H-pyrrole nitrogens is 1. The molecule has 212 valence electrons. The van der Waals surface area contributed by atoms with Crippen LogP contribution in [0.3, 0.4) is 0 Å². The first-order valence-corrected chi connectivity index (χ1v) is 13.3. The van der Waals surface area contributed by atoms with E-state index in [1.54, 1.807) is 18.2 Å². The van der Waals surface area contributed by atoms with E-state index >= 15 is 0 Å². The Bertz CT molecular complexity index is 1470. The van der Waals surface area contributed by atoms with E-state index in [9.17, 15) is 22.8 Å². The second-order valence-corrected chi connectivity index (χ2v) is 10.2. The Hall–Kier alpha value is -3.55. The van der Waals surface area contributed by atoms with Gasteiger partial charge in [0.25, 0.3) is 11.1 Å². The maximum Gasteiger partial charge on any atom is 0.416 e. The number of imide groups is 1. The van der Waals surface area contributed by atoms with Gasteiger partial charge in [-0.3, -0.25) is 24.5 Å². The predicted molar refractivity (Wildman–Crippen MR) is 143 cm³/mol. The molecule has 0 bridgehead atoms. The van der Waals surface area contributed by atoms with Crippen molar-refractivity contribution in [2.45, 2.75) is 12.6 Å². The Morgan fingerprint density at radius 3 is 2.55 bits per heavy atom. The summed E-state index contributed by atoms with van der Waals surface area (Å²) in [6, 6.07) is 8.81. The summed E-state index contributed by atoms with van der Waals surface area (Å²) in [7, 11) is 2.75. The van der Waals surface area contributed by atoms with Crippen LogP contribution in [0.4, 0.5) is 18.0 Å². The summed E-state index contributed by atoms with van der Waals surface area (Å²) >= 11 is 0.742. The van der Waals surface area contributed by atoms with Crippen LogP contribution in [0.1, 0.15) is 16.7 Å². The fourth-order valence-electron chi connectivity index (χ4n) is 4.78. The number of hydrogen-bond donors (Lipinski definition) is 1. The minimum atomic E-state index is -4.66. The monoisotopic (exact) mass is 576 g/mol. The van der Waals surface area contributed by atoms with Crippen LogP contribution in [-0.2, 0) is 22.1 Å². The van der Waals surface area contributed by atoms with Crippen molar-refractivity contribution in [2.24, 2.45) is 0 Å². The van der Waals surface area contributed by atoms with Gasteiger partial charge in [0.15, 0.2) is 0 Å². The van der Waals surface area contributed by atoms with Crippen LogP contribution >= 0.6 is 11.8 Å². The van der Waals surface area contributed by atoms with E-state index in [1.165, 1.54) is 26.4 Å². The number of aromatic amines is 1. The molecule has 13 heteroatoms. The molecule has 40 heavy (non-hydrogen) atoms. The Labute approximate surface area is 232 Å². The minimum Gasteiger partial charge on any atom is -0.497 e. The number of methoxy groups -OCH3 is 2. The molecule has 0 aliphatic carbocycles. The molecular formula is C27H27F3N4O5S. The average Bonchev–Trinajstić information content (AvgIpc) is 3.49. The van der Waals surface area contributed by atoms with Gasteiger partial charge in [-0.15, -0.1) is 5.10 Å². The van der Waals surface area contributed by atoms with Crippen LogP contribution in [0, 0.1) is 0 Å². The summed E-state index contributed by atoms with van der Waals surface area (Å²) in [5, 5.41) is 7.06. The Kier molecular flexibility index (Phi) is 8.06. The number of nitrogens with zero attached hydrogens (tertiary/aromatic N) is 3. The lowest BCUT2D eigenvalue weighted by atomic mass is 9.93. The molecule has 0 radical (unpaired) electrons. The molecule has 2 fully saturated rings. The fraction of sp³-hybridized carbons (Fsp3) is 0.370. The highest BCUT2D eigenvalue weighted by molar-refractivity contribution is 8.18. The van der Waals surface area contributed by atoms with Gasteiger partial charge in [-0.1, -0.05) is 12.1 Å². The number of alkyl halides is 3. The van der Waals surface area contributed by atoms with Crippen molar-refractivity contribution in [1.82, 2.24) is 20.0 Å². The number of rotatable bonds is 8. The summed E-state index contributed by atoms with van der Waals surface area (Å²) in [4.78, 5) is 30.0. The minimum absolute atomic E-state index is 0.0531. The molecule has 9 nitrogen and oxygen atoms in total. The third-order valence-corrected chi connectivity index (χ3v) is 7.95. The molecule has 3 aromatic rings. The number of nitrogens with one attached hydrogen (secondary N) is 1. The SMILES string of the molecule is COc1ccc(C/C(=C2/SC(=O)N(CCN3CCOCC3)C2=O)c2ccc3[nH]nc(OC)c3c2)c(C(F)(F)F)c1. The average molecular weight is 577 g/mol. The molecule has 0 atom stereocenters. The van der Waals surface area contributed by atoms with E-state index in [1.807, 2.05) is 0 Å². The number of benzene rings is 2. The van der Waals surface area contributed by atoms with Crippen LogP contribution in [-0.4, -0.2) is 84.8 Å². The molecular weight excluding hydrogens is 549 g/mol. The molecule has 0 saturated carbocycles. The van der Waals surface area contributed by atoms with Crippen LogP contribution in [0.5, 0.6) is 11.6 Å². The molecule has 2 aromatic carbocycles. The van der Waals surface area contributed by atoms with Crippen molar-refractivity contribution in [3.8, 4) is 11.6 Å². The smallest absolute Gasteiger partial charge is 0.416 e. The van der Waals surface area contributed by atoms with Gasteiger partial charge in [-0.05, 0) is 59.1 Å². The first-order chi connectivity index (χ1) is 19.2. The number of morpholine rings is 1. The van der Waals surface area contributed by atoms with Gasteiger partial charge in [-0.25, -0.2) is 0 Å². The van der Waals surface area contributed by atoms with Gasteiger partial charge in [0.1, 0.15) is 5.75 Å². The highest BCUT2D eigenvalue weighted by Crippen LogP contribution is 2.42. The lowest BCUT2D eigenvalue weighted by Gasteiger charge is -2.27. The lowest BCUT2D eigenvalue weighted by molar-refractivity contribution is -0.138. The molecule has 5 rings (SSSR count). The standard InChI is InChI=1S/C27H27F3N4O5S/c1-37-18-5-3-17(21(15-18)27(28,29)30)14-19(16-4-6-22-20(13-16)24(38-2)32-31-22)23-25(35)34(26(36)40-23)8-7-33-9-11-39-12-10-33/h3-6,13,15H,7-12,14H2,1-2H3,(H,31,32)/b23-19-. The lowest BCUT2D eigenvalue weighted by Crippen LogP contribution is -2.42. The molecule has 2 saturated heterocycles. The second kappa shape index (κ2) is 11.5. The zero-order valence-corrected chi connectivity index (χ0v) is 22.7. The van der Waals surface area contributed by atoms with Crippen LogP contribution < -0.4 is 9.47 Å². The van der Waals surface area contributed by atoms with Crippen molar-refractivity contribution in [3.63, 3.8) is 0 Å². The van der Waals surface area contributed by atoms with E-state index in [2.05, 4.69) is 15.1 Å². The second-order valence-electron chi connectivity index (χ2n) is 9.28. The summed E-state index contributed by atoms with van der Waals surface area (Å²) in [5.74, 6) is -0.166. The maximum atomic E-state index is 14.1. The van der Waals surface area contributed by atoms with Crippen LogP contribution in [0.15, 0.2) is 41.3 Å². The largest absolute Gasteiger partial charge is 0.497 e. The zero-order valence-electron chi connectivity index (χ0n) is 21.8. The van der Waals surface area contributed by atoms with Gasteiger partial charge in [0, 0.05) is 26.2 Å². The van der Waals surface area contributed by atoms with E-state index in [0.29, 0.717) is 60.8 Å². The fourth-order valence-corrected chi connectivity index (χ4v) is 5.75. The van der Waals surface area contributed by atoms with Crippen molar-refractivity contribution in [2.75, 3.05) is 53.6 Å². The Morgan fingerprint density at radius 2 is 1.85 bits per heavy atom. The van der Waals surface area contributed by atoms with Crippen molar-refractivity contribution in [3.05, 3.63) is 58.0 Å². The molecule has 0 unspecified atom stereocenters. The molecule has 2 amide bonds. The Balaban J connectivity index is 1.57. The summed E-state index contributed by atoms with van der Waals surface area (Å²) in [6.07, 6.45) is -4.91. The van der Waals surface area contributed by atoms with Gasteiger partial charge < -0.3 is 14.2 Å². The number of fused-ring (bicyclic) bond motifs is 1. The first-order valence-electron chi connectivity index (χ1n) is 12.5. The predicted octanol–water partition coefficient (Wildman–Crippen LogP) is 4.58. The van der Waals surface area contributed by atoms with Crippen LogP contribution in [0.2, 0.25) is 0 Å². The van der Waals surface area contributed by atoms with Gasteiger partial charge in [-0.2, -0.15) is 13.2 Å². The normalized spacial score (nSPS) is 18.1. The van der Waals surface area contributed by atoms with Gasteiger partial charge in [0.05, 0.1) is 48.8 Å². The third kappa shape index (κ3) is 5.67. The van der Waals surface area contributed by atoms with Crippen molar-refractivity contribution < 1.29 is 37.0 Å². The molecule has 2 aliphatic rings. The van der Waals surface area contributed by atoms with Gasteiger partial charge >= 0.3 is 6.18 Å². The molecule has 0 spiro atoms. The molecule has 3 heterocycles. The molecule has 2 aliphatic heterocycles. The van der Waals surface area contributed by atoms with E-state index in [-0.39, 0.29) is 29.2 Å². The number of aromatic nitrogens is 2. The zero-order chi connectivity index (χ0) is 28.4. The topological polar surface area (TPSA) is 97.0 Å². The molecule has 1 aromatic heterocycles. The number of thioether (sulfide) groups is 1. The van der Waals surface area contributed by atoms with Crippen LogP contribution in [0.25, 0.3) is 16.5 Å². The van der Waals surface area contributed by atoms with Crippen molar-refractivity contribution in [1.29, 1.82) is 0 Å². The van der Waals surface area contributed by atoms with Crippen molar-refractivity contribution >= 4 is 39.4 Å².